The summed E-state index contributed by atoms with van der Waals surface area (Å²) in [4.78, 5) is 5.16. The van der Waals surface area contributed by atoms with Gasteiger partial charge in [0.15, 0.2) is 0 Å². The van der Waals surface area contributed by atoms with Crippen molar-refractivity contribution >= 4 is 23.5 Å². The van der Waals surface area contributed by atoms with E-state index < -0.39 is 0 Å². The van der Waals surface area contributed by atoms with Gasteiger partial charge in [-0.2, -0.15) is 23.5 Å². The third-order valence-electron chi connectivity index (χ3n) is 5.20. The number of likely N-dealkylation sites (tertiary alicyclic amines) is 2. The number of piperidine rings is 1. The van der Waals surface area contributed by atoms with Crippen LogP contribution in [0.3, 0.4) is 0 Å². The largest absolute Gasteiger partial charge is 0.390 e. The van der Waals surface area contributed by atoms with E-state index in [4.69, 9.17) is 0 Å². The van der Waals surface area contributed by atoms with E-state index in [-0.39, 0.29) is 6.10 Å². The Morgan fingerprint density at radius 2 is 1.48 bits per heavy atom. The van der Waals surface area contributed by atoms with Crippen molar-refractivity contribution in [2.75, 3.05) is 49.2 Å². The molecule has 0 aliphatic carbocycles. The molecule has 3 aliphatic heterocycles. The first kappa shape index (κ1) is 16.4. The molecule has 0 spiro atoms. The maximum atomic E-state index is 10.7. The van der Waals surface area contributed by atoms with Crippen LogP contribution in [0.1, 0.15) is 32.1 Å². The van der Waals surface area contributed by atoms with E-state index in [0.29, 0.717) is 12.1 Å². The zero-order valence-corrected chi connectivity index (χ0v) is 14.7. The van der Waals surface area contributed by atoms with Gasteiger partial charge in [0.25, 0.3) is 0 Å². The van der Waals surface area contributed by atoms with Crippen molar-refractivity contribution < 1.29 is 5.11 Å². The monoisotopic (exact) mass is 330 g/mol. The van der Waals surface area contributed by atoms with Gasteiger partial charge in [-0.15, -0.1) is 0 Å². The van der Waals surface area contributed by atoms with Crippen LogP contribution in [0.4, 0.5) is 0 Å². The van der Waals surface area contributed by atoms with Gasteiger partial charge in [-0.1, -0.05) is 12.8 Å². The third kappa shape index (κ3) is 4.54. The molecule has 0 bridgehead atoms. The quantitative estimate of drug-likeness (QED) is 0.837. The summed E-state index contributed by atoms with van der Waals surface area (Å²) in [6, 6.07) is 1.10. The maximum absolute atomic E-state index is 10.7. The van der Waals surface area contributed by atoms with Gasteiger partial charge in [0.2, 0.25) is 0 Å². The lowest BCUT2D eigenvalue weighted by Crippen LogP contribution is -2.57. The number of rotatable bonds is 2. The standard InChI is InChI=1S/C16H30N2OS2/c19-16-11-18(14-12-20-9-10-21-13-14)8-5-15(16)17-6-3-1-2-4-7-17/h14-16,19H,1-13H2/t15-,16-/m1/s1. The predicted octanol–water partition coefficient (Wildman–Crippen LogP) is 2.15. The van der Waals surface area contributed by atoms with Crippen LogP contribution in [0.2, 0.25) is 0 Å². The van der Waals surface area contributed by atoms with Crippen LogP contribution in [0.15, 0.2) is 0 Å². The lowest BCUT2D eigenvalue weighted by atomic mass is 9.98. The Morgan fingerprint density at radius 1 is 0.810 bits per heavy atom. The van der Waals surface area contributed by atoms with E-state index in [1.807, 2.05) is 0 Å². The number of nitrogens with zero attached hydrogens (tertiary/aromatic N) is 2. The second-order valence-electron chi connectivity index (χ2n) is 6.67. The highest BCUT2D eigenvalue weighted by Gasteiger charge is 2.34. The molecule has 0 saturated carbocycles. The predicted molar refractivity (Wildman–Crippen MR) is 94.5 cm³/mol. The Balaban J connectivity index is 1.53. The molecule has 3 heterocycles. The van der Waals surface area contributed by atoms with Crippen molar-refractivity contribution in [3.63, 3.8) is 0 Å². The summed E-state index contributed by atoms with van der Waals surface area (Å²) in [6.07, 6.45) is 6.41. The normalized spacial score (nSPS) is 35.3. The minimum Gasteiger partial charge on any atom is -0.390 e. The van der Waals surface area contributed by atoms with Gasteiger partial charge < -0.3 is 5.11 Å². The lowest BCUT2D eigenvalue weighted by Gasteiger charge is -2.44. The molecule has 3 saturated heterocycles. The van der Waals surface area contributed by atoms with Gasteiger partial charge in [0, 0.05) is 48.2 Å². The highest BCUT2D eigenvalue weighted by Crippen LogP contribution is 2.26. The Labute approximate surface area is 138 Å². The topological polar surface area (TPSA) is 26.7 Å². The SMILES string of the molecule is O[C@@H]1CN(C2CSCCSC2)CC[C@H]1N1CCCCCC1. The van der Waals surface area contributed by atoms with Gasteiger partial charge in [-0.05, 0) is 32.4 Å². The van der Waals surface area contributed by atoms with Crippen LogP contribution in [-0.2, 0) is 0 Å². The smallest absolute Gasteiger partial charge is 0.0822 e. The summed E-state index contributed by atoms with van der Waals surface area (Å²) in [5, 5.41) is 10.7. The van der Waals surface area contributed by atoms with E-state index >= 15 is 0 Å². The van der Waals surface area contributed by atoms with Crippen LogP contribution in [0.25, 0.3) is 0 Å². The molecule has 0 aromatic carbocycles. The molecule has 0 radical (unpaired) electrons. The average Bonchev–Trinajstić information content (AvgIpc) is 2.92. The second-order valence-corrected chi connectivity index (χ2v) is 8.97. The van der Waals surface area contributed by atoms with Crippen molar-refractivity contribution in [2.24, 2.45) is 0 Å². The maximum Gasteiger partial charge on any atom is 0.0822 e. The van der Waals surface area contributed by atoms with Crippen molar-refractivity contribution in [3.05, 3.63) is 0 Å². The summed E-state index contributed by atoms with van der Waals surface area (Å²) < 4.78 is 0. The van der Waals surface area contributed by atoms with Crippen LogP contribution >= 0.6 is 23.5 Å². The Hall–Kier alpha value is 0.580. The van der Waals surface area contributed by atoms with Crippen molar-refractivity contribution in [3.8, 4) is 0 Å². The average molecular weight is 331 g/mol. The molecule has 1 N–H and O–H groups in total. The number of thioether (sulfide) groups is 2. The first-order valence-electron chi connectivity index (χ1n) is 8.66. The first-order valence-corrected chi connectivity index (χ1v) is 11.0. The van der Waals surface area contributed by atoms with Crippen molar-refractivity contribution in [1.82, 2.24) is 9.80 Å². The fourth-order valence-corrected chi connectivity index (χ4v) is 6.57. The van der Waals surface area contributed by atoms with E-state index in [0.717, 1.165) is 13.0 Å². The number of aliphatic hydroxyl groups is 1. The van der Waals surface area contributed by atoms with Gasteiger partial charge in [-0.25, -0.2) is 0 Å². The molecule has 21 heavy (non-hydrogen) atoms. The summed E-state index contributed by atoms with van der Waals surface area (Å²) in [5.74, 6) is 5.12. The van der Waals surface area contributed by atoms with Gasteiger partial charge in [0.05, 0.1) is 6.10 Å². The van der Waals surface area contributed by atoms with Crippen molar-refractivity contribution in [1.29, 1.82) is 0 Å². The molecule has 3 fully saturated rings. The molecule has 2 atom stereocenters. The summed E-state index contributed by atoms with van der Waals surface area (Å²) in [5.41, 5.74) is 0. The molecule has 3 nitrogen and oxygen atoms in total. The van der Waals surface area contributed by atoms with E-state index in [1.165, 1.54) is 68.3 Å². The van der Waals surface area contributed by atoms with Crippen LogP contribution in [0, 0.1) is 0 Å². The zero-order chi connectivity index (χ0) is 14.5. The fraction of sp³-hybridized carbons (Fsp3) is 1.00. The van der Waals surface area contributed by atoms with Crippen molar-refractivity contribution in [2.45, 2.75) is 50.3 Å². The minimum absolute atomic E-state index is 0.143. The van der Waals surface area contributed by atoms with Crippen LogP contribution in [-0.4, -0.2) is 82.3 Å². The molecule has 3 rings (SSSR count). The minimum atomic E-state index is -0.143. The molecule has 122 valence electrons. The molecule has 3 aliphatic rings. The van der Waals surface area contributed by atoms with Gasteiger partial charge in [-0.3, -0.25) is 9.80 Å². The Kier molecular flexibility index (Phi) is 6.60. The summed E-state index contributed by atoms with van der Waals surface area (Å²) >= 11 is 4.19. The van der Waals surface area contributed by atoms with Gasteiger partial charge >= 0.3 is 0 Å². The van der Waals surface area contributed by atoms with E-state index in [1.54, 1.807) is 0 Å². The number of hydrogen-bond donors (Lipinski definition) is 1. The second kappa shape index (κ2) is 8.44. The van der Waals surface area contributed by atoms with E-state index in [9.17, 15) is 5.11 Å². The molecule has 0 aromatic rings. The number of aliphatic hydroxyl groups excluding tert-OH is 1. The van der Waals surface area contributed by atoms with Crippen LogP contribution in [0.5, 0.6) is 0 Å². The summed E-state index contributed by atoms with van der Waals surface area (Å²) in [6.45, 7) is 4.49. The highest BCUT2D eigenvalue weighted by molar-refractivity contribution is 8.03. The molecule has 0 unspecified atom stereocenters. The highest BCUT2D eigenvalue weighted by atomic mass is 32.2. The molecule has 0 amide bonds. The third-order valence-corrected chi connectivity index (χ3v) is 7.68. The van der Waals surface area contributed by atoms with Gasteiger partial charge in [0.1, 0.15) is 0 Å². The Bertz CT molecular complexity index is 303. The molecule has 5 heteroatoms. The first-order chi connectivity index (χ1) is 10.3. The van der Waals surface area contributed by atoms with Crippen LogP contribution < -0.4 is 0 Å². The van der Waals surface area contributed by atoms with E-state index in [2.05, 4.69) is 33.3 Å². The fourth-order valence-electron chi connectivity index (χ4n) is 3.94. The number of β-amino-alcohol motifs (C(OH)–C–C–N with tert-alkyl or cyclic N) is 1. The Morgan fingerprint density at radius 3 is 2.10 bits per heavy atom. The summed E-state index contributed by atoms with van der Waals surface area (Å²) in [7, 11) is 0. The lowest BCUT2D eigenvalue weighted by molar-refractivity contribution is -0.0196. The molecular formula is C16H30N2OS2. The molecular weight excluding hydrogens is 300 g/mol. The molecule has 0 aromatic heterocycles. The number of hydrogen-bond acceptors (Lipinski definition) is 5. The zero-order valence-electron chi connectivity index (χ0n) is 13.1.